The van der Waals surface area contributed by atoms with Crippen LogP contribution in [0.4, 0.5) is 0 Å². The fraction of sp³-hybridized carbons (Fsp3) is 0.379. The van der Waals surface area contributed by atoms with E-state index in [9.17, 15) is 9.59 Å². The van der Waals surface area contributed by atoms with Crippen LogP contribution in [0.3, 0.4) is 0 Å². The van der Waals surface area contributed by atoms with Gasteiger partial charge in [0.15, 0.2) is 0 Å². The van der Waals surface area contributed by atoms with Gasteiger partial charge in [0.1, 0.15) is 0 Å². The number of hydrogen-bond donors (Lipinski definition) is 0. The molecule has 3 heterocycles. The van der Waals surface area contributed by atoms with Crippen LogP contribution in [0.2, 0.25) is 0 Å². The Morgan fingerprint density at radius 3 is 2.64 bits per heavy atom. The topological polar surface area (TPSA) is 43.9 Å². The van der Waals surface area contributed by atoms with Crippen LogP contribution < -0.4 is 0 Å². The maximum absolute atomic E-state index is 13.3. The number of carbonyl (C=O) groups excluding carboxylic acids is 2. The van der Waals surface area contributed by atoms with Gasteiger partial charge in [0.2, 0.25) is 5.91 Å². The highest BCUT2D eigenvalue weighted by molar-refractivity contribution is 9.10. The molecule has 0 radical (unpaired) electrons. The monoisotopic (exact) mass is 565 g/mol. The van der Waals surface area contributed by atoms with Crippen molar-refractivity contribution in [1.29, 1.82) is 0 Å². The second kappa shape index (κ2) is 10.9. The Labute approximate surface area is 225 Å². The first-order chi connectivity index (χ1) is 17.4. The fourth-order valence-corrected chi connectivity index (χ4v) is 6.84. The van der Waals surface area contributed by atoms with Crippen LogP contribution in [-0.4, -0.2) is 65.3 Å². The van der Waals surface area contributed by atoms with E-state index in [-0.39, 0.29) is 23.9 Å². The van der Waals surface area contributed by atoms with Crippen molar-refractivity contribution in [1.82, 2.24) is 14.7 Å². The van der Waals surface area contributed by atoms with E-state index in [0.29, 0.717) is 31.6 Å². The van der Waals surface area contributed by atoms with E-state index in [1.807, 2.05) is 52.3 Å². The van der Waals surface area contributed by atoms with E-state index in [0.717, 1.165) is 24.0 Å². The van der Waals surface area contributed by atoms with E-state index in [1.54, 1.807) is 0 Å². The van der Waals surface area contributed by atoms with Crippen molar-refractivity contribution in [2.75, 3.05) is 32.7 Å². The van der Waals surface area contributed by atoms with Gasteiger partial charge in [-0.05, 0) is 66.6 Å². The molecular weight excluding hydrogens is 534 g/mol. The summed E-state index contributed by atoms with van der Waals surface area (Å²) in [5, 5.41) is 2.20. The van der Waals surface area contributed by atoms with Crippen molar-refractivity contribution in [2.24, 2.45) is 0 Å². The molecule has 2 unspecified atom stereocenters. The van der Waals surface area contributed by atoms with Gasteiger partial charge in [-0.15, -0.1) is 11.3 Å². The first kappa shape index (κ1) is 25.2. The maximum atomic E-state index is 13.3. The van der Waals surface area contributed by atoms with Crippen LogP contribution in [0, 0.1) is 6.92 Å². The molecule has 1 fully saturated rings. The van der Waals surface area contributed by atoms with E-state index in [2.05, 4.69) is 63.5 Å². The second-order valence-electron chi connectivity index (χ2n) is 9.79. The van der Waals surface area contributed by atoms with Crippen LogP contribution in [0.1, 0.15) is 51.3 Å². The van der Waals surface area contributed by atoms with E-state index < -0.39 is 0 Å². The average molecular weight is 567 g/mol. The molecule has 2 aromatic carbocycles. The standard InChI is InChI=1S/C29H32BrN3O2S/c1-20-6-3-4-9-24(20)28-25-12-17-36-26(25)10-13-31(28)14-11-27(34)32-15-16-33(21(2)19-32)29(35)22-7-5-8-23(30)18-22/h3-9,12,17-18,21,28H,10-11,13-16,19H2,1-2H3. The Hall–Kier alpha value is -2.48. The number of rotatable bonds is 5. The number of nitrogens with zero attached hydrogens (tertiary/aromatic N) is 3. The molecule has 1 aromatic heterocycles. The van der Waals surface area contributed by atoms with Crippen LogP contribution >= 0.6 is 27.3 Å². The third-order valence-corrected chi connectivity index (χ3v) is 8.96. The quantitative estimate of drug-likeness (QED) is 0.408. The molecule has 36 heavy (non-hydrogen) atoms. The zero-order valence-corrected chi connectivity index (χ0v) is 23.2. The molecule has 0 bridgehead atoms. The van der Waals surface area contributed by atoms with Crippen molar-refractivity contribution in [2.45, 2.75) is 38.8 Å². The summed E-state index contributed by atoms with van der Waals surface area (Å²) < 4.78 is 0.895. The molecule has 2 aliphatic rings. The van der Waals surface area contributed by atoms with Gasteiger partial charge >= 0.3 is 0 Å². The molecule has 5 nitrogen and oxygen atoms in total. The molecule has 1 saturated heterocycles. The first-order valence-corrected chi connectivity index (χ1v) is 14.3. The predicted molar refractivity (Wildman–Crippen MR) is 148 cm³/mol. The number of aryl methyl sites for hydroxylation is 1. The number of piperazine rings is 1. The highest BCUT2D eigenvalue weighted by atomic mass is 79.9. The average Bonchev–Trinajstić information content (AvgIpc) is 3.36. The molecule has 0 N–H and O–H groups in total. The van der Waals surface area contributed by atoms with Gasteiger partial charge in [-0.3, -0.25) is 14.5 Å². The van der Waals surface area contributed by atoms with Gasteiger partial charge in [-0.2, -0.15) is 0 Å². The Morgan fingerprint density at radius 2 is 1.86 bits per heavy atom. The molecule has 0 aliphatic carbocycles. The lowest BCUT2D eigenvalue weighted by Crippen LogP contribution is -2.55. The summed E-state index contributed by atoms with van der Waals surface area (Å²) in [6, 6.07) is 18.6. The Bertz CT molecular complexity index is 1260. The molecule has 0 spiro atoms. The van der Waals surface area contributed by atoms with Gasteiger partial charge in [0.25, 0.3) is 5.91 Å². The summed E-state index contributed by atoms with van der Waals surface area (Å²) in [5.41, 5.74) is 4.69. The van der Waals surface area contributed by atoms with Crippen molar-refractivity contribution in [3.05, 3.63) is 91.6 Å². The second-order valence-corrected chi connectivity index (χ2v) is 11.7. The highest BCUT2D eigenvalue weighted by Gasteiger charge is 2.33. The number of hydrogen-bond acceptors (Lipinski definition) is 4. The zero-order chi connectivity index (χ0) is 25.2. The first-order valence-electron chi connectivity index (χ1n) is 12.6. The third kappa shape index (κ3) is 5.15. The largest absolute Gasteiger partial charge is 0.339 e. The van der Waals surface area contributed by atoms with E-state index in [1.165, 1.54) is 21.6 Å². The van der Waals surface area contributed by atoms with Crippen molar-refractivity contribution < 1.29 is 9.59 Å². The van der Waals surface area contributed by atoms with E-state index >= 15 is 0 Å². The van der Waals surface area contributed by atoms with Gasteiger partial charge < -0.3 is 9.80 Å². The summed E-state index contributed by atoms with van der Waals surface area (Å²) in [6.07, 6.45) is 1.53. The Morgan fingerprint density at radius 1 is 1.03 bits per heavy atom. The number of amides is 2. The summed E-state index contributed by atoms with van der Waals surface area (Å²) >= 11 is 5.29. The lowest BCUT2D eigenvalue weighted by atomic mass is 9.90. The van der Waals surface area contributed by atoms with Gasteiger partial charge in [0.05, 0.1) is 6.04 Å². The van der Waals surface area contributed by atoms with Crippen LogP contribution in [0.25, 0.3) is 0 Å². The Balaban J connectivity index is 1.23. The third-order valence-electron chi connectivity index (χ3n) is 7.47. The van der Waals surface area contributed by atoms with Crippen LogP contribution in [-0.2, 0) is 11.2 Å². The van der Waals surface area contributed by atoms with Crippen LogP contribution in [0.5, 0.6) is 0 Å². The number of halogens is 1. The Kier molecular flexibility index (Phi) is 7.60. The SMILES string of the molecule is Cc1ccccc1C1c2ccsc2CCN1CCC(=O)N1CCN(C(=O)c2cccc(Br)c2)C(C)C1. The fourth-order valence-electron chi connectivity index (χ4n) is 5.54. The molecular formula is C29H32BrN3O2S. The number of carbonyl (C=O) groups is 2. The molecule has 2 aliphatic heterocycles. The summed E-state index contributed by atoms with van der Waals surface area (Å²) in [7, 11) is 0. The molecule has 3 aromatic rings. The minimum Gasteiger partial charge on any atom is -0.339 e. The van der Waals surface area contributed by atoms with Gasteiger partial charge in [-0.1, -0.05) is 46.3 Å². The summed E-state index contributed by atoms with van der Waals surface area (Å²) in [6.45, 7) is 7.63. The minimum absolute atomic E-state index is 0.0164. The van der Waals surface area contributed by atoms with Gasteiger partial charge in [-0.25, -0.2) is 0 Å². The van der Waals surface area contributed by atoms with Crippen LogP contribution in [0.15, 0.2) is 64.5 Å². The lowest BCUT2D eigenvalue weighted by Gasteiger charge is -2.41. The zero-order valence-electron chi connectivity index (χ0n) is 20.8. The number of benzene rings is 2. The molecule has 2 amide bonds. The highest BCUT2D eigenvalue weighted by Crippen LogP contribution is 2.38. The molecule has 0 saturated carbocycles. The molecule has 5 rings (SSSR count). The van der Waals surface area contributed by atoms with Crippen molar-refractivity contribution in [3.8, 4) is 0 Å². The van der Waals surface area contributed by atoms with E-state index in [4.69, 9.17) is 0 Å². The normalized spacial score (nSPS) is 20.3. The minimum atomic E-state index is -0.0164. The summed E-state index contributed by atoms with van der Waals surface area (Å²) in [4.78, 5) is 34.1. The number of thiophene rings is 1. The smallest absolute Gasteiger partial charge is 0.254 e. The summed E-state index contributed by atoms with van der Waals surface area (Å²) in [5.74, 6) is 0.202. The molecule has 188 valence electrons. The van der Waals surface area contributed by atoms with Gasteiger partial charge in [0, 0.05) is 60.1 Å². The maximum Gasteiger partial charge on any atom is 0.254 e. The van der Waals surface area contributed by atoms with Crippen molar-refractivity contribution in [3.63, 3.8) is 0 Å². The van der Waals surface area contributed by atoms with Crippen molar-refractivity contribution >= 4 is 39.1 Å². The molecule has 2 atom stereocenters. The molecule has 7 heteroatoms. The number of fused-ring (bicyclic) bond motifs is 1. The predicted octanol–water partition coefficient (Wildman–Crippen LogP) is 5.53. The lowest BCUT2D eigenvalue weighted by molar-refractivity contribution is -0.134.